The van der Waals surface area contributed by atoms with Gasteiger partial charge in [-0.3, -0.25) is 0 Å². The Bertz CT molecular complexity index is 601. The van der Waals surface area contributed by atoms with Gasteiger partial charge in [0.05, 0.1) is 18.8 Å². The van der Waals surface area contributed by atoms with Gasteiger partial charge in [0.1, 0.15) is 11.5 Å². The van der Waals surface area contributed by atoms with E-state index in [9.17, 15) is 8.42 Å². The topological polar surface area (TPSA) is 98.5 Å². The summed E-state index contributed by atoms with van der Waals surface area (Å²) in [7, 11) is -3.71. The van der Waals surface area contributed by atoms with Crippen LogP contribution >= 0.6 is 0 Å². The van der Waals surface area contributed by atoms with Crippen LogP contribution < -0.4 is 10.5 Å². The molecule has 0 bridgehead atoms. The third-order valence-electron chi connectivity index (χ3n) is 2.40. The third-order valence-corrected chi connectivity index (χ3v) is 3.82. The summed E-state index contributed by atoms with van der Waals surface area (Å²) in [5.74, 6) is 0.949. The lowest BCUT2D eigenvalue weighted by Gasteiger charge is -2.10. The van der Waals surface area contributed by atoms with Crippen LogP contribution in [0.5, 0.6) is 0 Å². The summed E-state index contributed by atoms with van der Waals surface area (Å²) in [5.41, 5.74) is 5.36. The molecule has 0 saturated heterocycles. The van der Waals surface area contributed by atoms with Crippen LogP contribution in [0.2, 0.25) is 0 Å². The van der Waals surface area contributed by atoms with E-state index in [0.717, 1.165) is 0 Å². The maximum atomic E-state index is 12.0. The lowest BCUT2D eigenvalue weighted by molar-refractivity contribution is 0.406. The predicted molar refractivity (Wildman–Crippen MR) is 64.0 cm³/mol. The molecule has 0 spiro atoms. The van der Waals surface area contributed by atoms with Crippen molar-refractivity contribution >= 4 is 10.0 Å². The second-order valence-corrected chi connectivity index (χ2v) is 5.43. The average Bonchev–Trinajstić information content (AvgIpc) is 3.00. The maximum absolute atomic E-state index is 12.0. The first-order valence-corrected chi connectivity index (χ1v) is 6.86. The molecule has 0 saturated carbocycles. The molecule has 0 fully saturated rings. The highest BCUT2D eigenvalue weighted by Crippen LogP contribution is 2.18. The van der Waals surface area contributed by atoms with Gasteiger partial charge in [-0.25, -0.2) is 8.42 Å². The van der Waals surface area contributed by atoms with Crippen molar-refractivity contribution in [3.63, 3.8) is 0 Å². The Morgan fingerprint density at radius 1 is 1.39 bits per heavy atom. The lowest BCUT2D eigenvalue weighted by Crippen LogP contribution is -2.26. The largest absolute Gasteiger partial charge is 0.468 e. The summed E-state index contributed by atoms with van der Waals surface area (Å²) in [6.07, 6.45) is 1.49. The van der Waals surface area contributed by atoms with Crippen molar-refractivity contribution in [2.45, 2.75) is 24.6 Å². The van der Waals surface area contributed by atoms with Gasteiger partial charge in [-0.05, 0) is 31.2 Å². The summed E-state index contributed by atoms with van der Waals surface area (Å²) in [6.45, 7) is 1.84. The van der Waals surface area contributed by atoms with Crippen LogP contribution in [0.4, 0.5) is 0 Å². The fraction of sp³-hybridized carbons (Fsp3) is 0.273. The molecule has 2 rings (SSSR count). The number of nitrogens with one attached hydrogen (secondary N) is 1. The Balaban J connectivity index is 2.17. The highest BCUT2D eigenvalue weighted by atomic mass is 32.2. The zero-order valence-corrected chi connectivity index (χ0v) is 10.6. The summed E-state index contributed by atoms with van der Waals surface area (Å²) in [4.78, 5) is 0. The lowest BCUT2D eigenvalue weighted by atomic mass is 10.3. The maximum Gasteiger partial charge on any atom is 0.274 e. The van der Waals surface area contributed by atoms with Gasteiger partial charge in [0.15, 0.2) is 0 Å². The van der Waals surface area contributed by atoms with Crippen LogP contribution in [-0.4, -0.2) is 8.42 Å². The molecule has 1 atom stereocenters. The molecule has 2 aromatic heterocycles. The number of nitrogens with two attached hydrogens (primary N) is 1. The fourth-order valence-corrected chi connectivity index (χ4v) is 2.66. The highest BCUT2D eigenvalue weighted by molar-refractivity contribution is 7.89. The van der Waals surface area contributed by atoms with Crippen LogP contribution in [-0.2, 0) is 16.6 Å². The van der Waals surface area contributed by atoms with Crippen LogP contribution in [0.15, 0.2) is 44.5 Å². The number of rotatable bonds is 5. The average molecular weight is 270 g/mol. The second-order valence-electron chi connectivity index (χ2n) is 3.78. The Morgan fingerprint density at radius 2 is 2.17 bits per heavy atom. The van der Waals surface area contributed by atoms with E-state index in [1.54, 1.807) is 19.1 Å². The van der Waals surface area contributed by atoms with Gasteiger partial charge in [0.2, 0.25) is 5.09 Å². The predicted octanol–water partition coefficient (Wildman–Crippen LogP) is 1.37. The normalized spacial score (nSPS) is 13.7. The van der Waals surface area contributed by atoms with Crippen molar-refractivity contribution in [1.82, 2.24) is 4.72 Å². The molecule has 0 aliphatic carbocycles. The summed E-state index contributed by atoms with van der Waals surface area (Å²) in [6, 6.07) is 5.82. The Morgan fingerprint density at radius 3 is 2.72 bits per heavy atom. The first-order valence-electron chi connectivity index (χ1n) is 5.37. The molecule has 3 N–H and O–H groups in total. The van der Waals surface area contributed by atoms with Crippen LogP contribution in [0.25, 0.3) is 0 Å². The molecule has 0 amide bonds. The van der Waals surface area contributed by atoms with Gasteiger partial charge in [-0.2, -0.15) is 4.72 Å². The summed E-state index contributed by atoms with van der Waals surface area (Å²) >= 11 is 0. The van der Waals surface area contributed by atoms with Gasteiger partial charge >= 0.3 is 0 Å². The molecule has 2 heterocycles. The number of furan rings is 2. The van der Waals surface area contributed by atoms with E-state index in [4.69, 9.17) is 14.6 Å². The van der Waals surface area contributed by atoms with Crippen molar-refractivity contribution in [2.24, 2.45) is 5.73 Å². The van der Waals surface area contributed by atoms with Crippen LogP contribution in [0.3, 0.4) is 0 Å². The molecule has 0 aliphatic heterocycles. The standard InChI is InChI=1S/C11H14N2O4S/c1-8(10-3-2-6-16-10)13-18(14,15)11-5-4-9(7-12)17-11/h2-6,8,13H,7,12H2,1H3. The minimum Gasteiger partial charge on any atom is -0.468 e. The van der Waals surface area contributed by atoms with Crippen molar-refractivity contribution < 1.29 is 17.3 Å². The quantitative estimate of drug-likeness (QED) is 0.855. The molecular formula is C11H14N2O4S. The van der Waals surface area contributed by atoms with E-state index in [1.165, 1.54) is 18.4 Å². The zero-order valence-electron chi connectivity index (χ0n) is 9.79. The Labute approximate surface area is 105 Å². The molecular weight excluding hydrogens is 256 g/mol. The van der Waals surface area contributed by atoms with E-state index in [2.05, 4.69) is 4.72 Å². The van der Waals surface area contributed by atoms with E-state index < -0.39 is 16.1 Å². The third kappa shape index (κ3) is 2.63. The van der Waals surface area contributed by atoms with Crippen molar-refractivity contribution in [1.29, 1.82) is 0 Å². The molecule has 7 heteroatoms. The number of hydrogen-bond acceptors (Lipinski definition) is 5. The van der Waals surface area contributed by atoms with Crippen molar-refractivity contribution in [2.75, 3.05) is 0 Å². The first kappa shape index (κ1) is 12.9. The molecule has 2 aromatic rings. The monoisotopic (exact) mass is 270 g/mol. The zero-order chi connectivity index (χ0) is 13.2. The smallest absolute Gasteiger partial charge is 0.274 e. The van der Waals surface area contributed by atoms with Crippen molar-refractivity contribution in [3.05, 3.63) is 42.0 Å². The second kappa shape index (κ2) is 4.97. The fourth-order valence-electron chi connectivity index (χ4n) is 1.50. The van der Waals surface area contributed by atoms with Crippen LogP contribution in [0, 0.1) is 0 Å². The summed E-state index contributed by atoms with van der Waals surface area (Å²) in [5, 5.41) is -0.152. The molecule has 6 nitrogen and oxygen atoms in total. The van der Waals surface area contributed by atoms with Gasteiger partial charge in [0, 0.05) is 0 Å². The molecule has 0 radical (unpaired) electrons. The van der Waals surface area contributed by atoms with Gasteiger partial charge in [-0.1, -0.05) is 0 Å². The van der Waals surface area contributed by atoms with Gasteiger partial charge < -0.3 is 14.6 Å². The molecule has 0 aromatic carbocycles. The van der Waals surface area contributed by atoms with Gasteiger partial charge in [0.25, 0.3) is 10.0 Å². The van der Waals surface area contributed by atoms with Crippen LogP contribution in [0.1, 0.15) is 24.5 Å². The summed E-state index contributed by atoms with van der Waals surface area (Å²) < 4.78 is 36.7. The highest BCUT2D eigenvalue weighted by Gasteiger charge is 2.22. The van der Waals surface area contributed by atoms with Gasteiger partial charge in [-0.15, -0.1) is 0 Å². The van der Waals surface area contributed by atoms with E-state index in [-0.39, 0.29) is 11.6 Å². The number of sulfonamides is 1. The first-order chi connectivity index (χ1) is 8.53. The van der Waals surface area contributed by atoms with E-state index >= 15 is 0 Å². The number of hydrogen-bond donors (Lipinski definition) is 2. The molecule has 98 valence electrons. The SMILES string of the molecule is CC(NS(=O)(=O)c1ccc(CN)o1)c1ccco1. The minimum atomic E-state index is -3.71. The Kier molecular flexibility index (Phi) is 3.55. The molecule has 18 heavy (non-hydrogen) atoms. The molecule has 0 aliphatic rings. The Hall–Kier alpha value is -1.57. The van der Waals surface area contributed by atoms with E-state index in [1.807, 2.05) is 0 Å². The molecule has 1 unspecified atom stereocenters. The van der Waals surface area contributed by atoms with E-state index in [0.29, 0.717) is 11.5 Å². The van der Waals surface area contributed by atoms with Crippen molar-refractivity contribution in [3.8, 4) is 0 Å². The minimum absolute atomic E-state index is 0.152.